The minimum Gasteiger partial charge on any atom is -0.397 e. The Hall–Kier alpha value is -2.66. The van der Waals surface area contributed by atoms with Crippen LogP contribution in [-0.4, -0.2) is 10.8 Å². The summed E-state index contributed by atoms with van der Waals surface area (Å²) < 4.78 is 11.5. The van der Waals surface area contributed by atoms with Gasteiger partial charge in [0.1, 0.15) is 0 Å². The molecule has 0 aliphatic carbocycles. The summed E-state index contributed by atoms with van der Waals surface area (Å²) in [6.45, 7) is 1.88. The van der Waals surface area contributed by atoms with Crippen molar-refractivity contribution in [3.05, 3.63) is 77.2 Å². The monoisotopic (exact) mass is 426 g/mol. The predicted octanol–water partition coefficient (Wildman–Crippen LogP) is 5.57. The molecule has 2 atom stereocenters. The highest BCUT2D eigenvalue weighted by molar-refractivity contribution is 7.38. The Morgan fingerprint density at radius 1 is 1.24 bits per heavy atom. The maximum Gasteiger partial charge on any atom is 0.248 e. The van der Waals surface area contributed by atoms with Crippen molar-refractivity contribution in [3.63, 3.8) is 0 Å². The van der Waals surface area contributed by atoms with E-state index in [2.05, 4.69) is 5.32 Å². The van der Waals surface area contributed by atoms with Gasteiger partial charge in [-0.2, -0.15) is 0 Å². The summed E-state index contributed by atoms with van der Waals surface area (Å²) >= 11 is 1.62. The van der Waals surface area contributed by atoms with Crippen LogP contribution in [0.15, 0.2) is 66.1 Å². The Morgan fingerprint density at radius 3 is 2.76 bits per heavy atom. The molecule has 0 aliphatic heterocycles. The van der Waals surface area contributed by atoms with Gasteiger partial charge in [-0.25, -0.2) is 0 Å². The number of nitrogen functional groups attached to an aromatic ring is 1. The fraction of sp³-hybridized carbons (Fsp3) is 0.136. The Labute approximate surface area is 174 Å². The second kappa shape index (κ2) is 9.70. The Bertz CT molecular complexity index is 1050. The number of anilines is 2. The first kappa shape index (κ1) is 21.1. The molecule has 0 spiro atoms. The highest BCUT2D eigenvalue weighted by atomic mass is 32.1. The van der Waals surface area contributed by atoms with Crippen molar-refractivity contribution >= 4 is 42.7 Å². The second-order valence-electron chi connectivity index (χ2n) is 6.57. The van der Waals surface area contributed by atoms with E-state index < -0.39 is 8.03 Å². The molecule has 0 saturated carbocycles. The molecule has 7 heteroatoms. The van der Waals surface area contributed by atoms with Crippen LogP contribution in [0.3, 0.4) is 0 Å². The lowest BCUT2D eigenvalue weighted by Gasteiger charge is -2.12. The van der Waals surface area contributed by atoms with Crippen molar-refractivity contribution in [1.29, 1.82) is 0 Å². The average Bonchev–Trinajstić information content (AvgIpc) is 3.23. The number of nitrogens with one attached hydrogen (secondary N) is 1. The number of carbonyl (C=O) groups is 1. The Balaban J connectivity index is 1.74. The van der Waals surface area contributed by atoms with Gasteiger partial charge in [0, 0.05) is 11.0 Å². The topological polar surface area (TPSA) is 92.4 Å². The molecule has 3 aromatic rings. The lowest BCUT2D eigenvalue weighted by Crippen LogP contribution is -2.09. The van der Waals surface area contributed by atoms with E-state index in [0.717, 1.165) is 21.6 Å². The number of thiophene rings is 1. The molecule has 1 amide bonds. The van der Waals surface area contributed by atoms with Crippen LogP contribution in [0.5, 0.6) is 0 Å². The number of rotatable bonds is 7. The quantitative estimate of drug-likeness (QED) is 0.262. The highest BCUT2D eigenvalue weighted by Crippen LogP contribution is 2.40. The standard InChI is InChI=1S/C22H23N2O3PS/c1-2-20(28(26)27)16-6-3-5-15(13-16)8-11-22(25)24-19-14-17(9-10-18(19)23)21-7-4-12-29-21/h3-14,20,28H,2,23H2,1H3,(H,24,25)(H,26,27). The zero-order valence-corrected chi connectivity index (χ0v) is 17.8. The molecule has 150 valence electrons. The van der Waals surface area contributed by atoms with Crippen LogP contribution < -0.4 is 11.1 Å². The van der Waals surface area contributed by atoms with E-state index in [9.17, 15) is 14.3 Å². The van der Waals surface area contributed by atoms with Gasteiger partial charge in [0.15, 0.2) is 8.03 Å². The maximum absolute atomic E-state index is 12.4. The zero-order chi connectivity index (χ0) is 20.8. The second-order valence-corrected chi connectivity index (χ2v) is 8.89. The third kappa shape index (κ3) is 5.45. The molecule has 0 radical (unpaired) electrons. The molecule has 0 saturated heterocycles. The predicted molar refractivity (Wildman–Crippen MR) is 123 cm³/mol. The first-order valence-corrected chi connectivity index (χ1v) is 11.5. The molecule has 0 bridgehead atoms. The largest absolute Gasteiger partial charge is 0.397 e. The third-order valence-electron chi connectivity index (χ3n) is 4.56. The fourth-order valence-electron chi connectivity index (χ4n) is 3.04. The smallest absolute Gasteiger partial charge is 0.248 e. The van der Waals surface area contributed by atoms with Crippen LogP contribution in [0.4, 0.5) is 11.4 Å². The normalized spacial score (nSPS) is 13.3. The summed E-state index contributed by atoms with van der Waals surface area (Å²) in [4.78, 5) is 23.0. The molecule has 0 aliphatic rings. The van der Waals surface area contributed by atoms with Crippen molar-refractivity contribution in [3.8, 4) is 10.4 Å². The Morgan fingerprint density at radius 2 is 2.07 bits per heavy atom. The summed E-state index contributed by atoms with van der Waals surface area (Å²) in [5, 5.41) is 4.82. The van der Waals surface area contributed by atoms with Gasteiger partial charge < -0.3 is 15.9 Å². The Kier molecular flexibility index (Phi) is 7.04. The molecule has 2 unspecified atom stereocenters. The van der Waals surface area contributed by atoms with Crippen LogP contribution in [-0.2, 0) is 9.36 Å². The van der Waals surface area contributed by atoms with E-state index >= 15 is 0 Å². The number of nitrogens with two attached hydrogens (primary N) is 1. The fourth-order valence-corrected chi connectivity index (χ4v) is 4.58. The van der Waals surface area contributed by atoms with Crippen molar-refractivity contribution in [2.45, 2.75) is 19.0 Å². The van der Waals surface area contributed by atoms with Gasteiger partial charge in [0.2, 0.25) is 5.91 Å². The molecule has 0 fully saturated rings. The molecular weight excluding hydrogens is 403 g/mol. The molecular formula is C22H23N2O3PS. The van der Waals surface area contributed by atoms with Crippen molar-refractivity contribution < 1.29 is 14.3 Å². The van der Waals surface area contributed by atoms with Gasteiger partial charge in [-0.05, 0) is 52.8 Å². The van der Waals surface area contributed by atoms with Crippen molar-refractivity contribution in [1.82, 2.24) is 0 Å². The first-order valence-electron chi connectivity index (χ1n) is 9.23. The van der Waals surface area contributed by atoms with E-state index in [1.165, 1.54) is 6.08 Å². The maximum atomic E-state index is 12.4. The lowest BCUT2D eigenvalue weighted by molar-refractivity contribution is -0.111. The van der Waals surface area contributed by atoms with E-state index in [4.69, 9.17) is 5.73 Å². The summed E-state index contributed by atoms with van der Waals surface area (Å²) in [5.41, 5.74) is 9.27. The minimum atomic E-state index is -2.66. The summed E-state index contributed by atoms with van der Waals surface area (Å²) in [7, 11) is -2.66. The van der Waals surface area contributed by atoms with Gasteiger partial charge in [-0.15, -0.1) is 11.3 Å². The van der Waals surface area contributed by atoms with E-state index in [1.807, 2.05) is 60.8 Å². The van der Waals surface area contributed by atoms with E-state index in [0.29, 0.717) is 17.8 Å². The van der Waals surface area contributed by atoms with Gasteiger partial charge >= 0.3 is 0 Å². The van der Waals surface area contributed by atoms with E-state index in [1.54, 1.807) is 23.5 Å². The van der Waals surface area contributed by atoms with E-state index in [-0.39, 0.29) is 11.6 Å². The first-order chi connectivity index (χ1) is 14.0. The van der Waals surface area contributed by atoms with Crippen LogP contribution in [0.2, 0.25) is 0 Å². The molecule has 29 heavy (non-hydrogen) atoms. The minimum absolute atomic E-state index is 0.298. The third-order valence-corrected chi connectivity index (χ3v) is 6.82. The molecule has 5 nitrogen and oxygen atoms in total. The lowest BCUT2D eigenvalue weighted by atomic mass is 10.1. The highest BCUT2D eigenvalue weighted by Gasteiger charge is 2.14. The molecule has 3 rings (SSSR count). The van der Waals surface area contributed by atoms with Gasteiger partial charge in [-0.3, -0.25) is 9.36 Å². The van der Waals surface area contributed by atoms with Crippen molar-refractivity contribution in [2.24, 2.45) is 0 Å². The van der Waals surface area contributed by atoms with Gasteiger partial charge in [0.05, 0.1) is 17.0 Å². The summed E-state index contributed by atoms with van der Waals surface area (Å²) in [6.07, 6.45) is 3.70. The van der Waals surface area contributed by atoms with Gasteiger partial charge in [0.25, 0.3) is 0 Å². The molecule has 1 aromatic heterocycles. The molecule has 1 heterocycles. The zero-order valence-electron chi connectivity index (χ0n) is 16.0. The number of carbonyl (C=O) groups excluding carboxylic acids is 1. The summed E-state index contributed by atoms with van der Waals surface area (Å²) in [6, 6.07) is 16.9. The average molecular weight is 426 g/mol. The van der Waals surface area contributed by atoms with Crippen molar-refractivity contribution in [2.75, 3.05) is 11.1 Å². The number of amides is 1. The van der Waals surface area contributed by atoms with Crippen LogP contribution in [0.1, 0.15) is 30.1 Å². The van der Waals surface area contributed by atoms with Crippen LogP contribution >= 0.6 is 19.4 Å². The number of benzene rings is 2. The molecule has 4 N–H and O–H groups in total. The van der Waals surface area contributed by atoms with Crippen LogP contribution in [0.25, 0.3) is 16.5 Å². The summed E-state index contributed by atoms with van der Waals surface area (Å²) in [5.74, 6) is -0.298. The van der Waals surface area contributed by atoms with Gasteiger partial charge in [-0.1, -0.05) is 43.3 Å². The van der Waals surface area contributed by atoms with Crippen LogP contribution in [0, 0.1) is 0 Å². The molecule has 2 aromatic carbocycles. The number of hydrogen-bond donors (Lipinski definition) is 3. The number of hydrogen-bond acceptors (Lipinski definition) is 4. The SMILES string of the molecule is CCC(c1cccc(C=CC(=O)Nc2cc(-c3cccs3)ccc2N)c1)[PH](=O)O.